The molecule has 0 bridgehead atoms. The molecule has 2 heterocycles. The Kier molecular flexibility index (Phi) is 3.51. The van der Waals surface area contributed by atoms with E-state index in [1.165, 1.54) is 18.7 Å². The van der Waals surface area contributed by atoms with Crippen LogP contribution in [-0.2, 0) is 6.42 Å². The molecule has 6 heteroatoms. The molecule has 2 aromatic heterocycles. The van der Waals surface area contributed by atoms with Crippen molar-refractivity contribution in [3.05, 3.63) is 64.7 Å². The van der Waals surface area contributed by atoms with Gasteiger partial charge in [0.25, 0.3) is 5.91 Å². The fourth-order valence-corrected chi connectivity index (χ4v) is 1.98. The molecule has 6 nitrogen and oxygen atoms in total. The lowest BCUT2D eigenvalue weighted by Crippen LogP contribution is -2.29. The maximum Gasteiger partial charge on any atom is 0.349 e. The number of oxazole rings is 1. The van der Waals surface area contributed by atoms with Crippen LogP contribution in [0.5, 0.6) is 0 Å². The molecule has 0 atom stereocenters. The molecule has 0 aliphatic rings. The Morgan fingerprint density at radius 1 is 1.29 bits per heavy atom. The molecule has 3 aromatic rings. The highest BCUT2D eigenvalue weighted by Crippen LogP contribution is 2.12. The van der Waals surface area contributed by atoms with Gasteiger partial charge in [0.1, 0.15) is 17.4 Å². The van der Waals surface area contributed by atoms with Crippen LogP contribution < -0.4 is 10.9 Å². The highest BCUT2D eigenvalue weighted by atomic mass is 16.4. The smallest absolute Gasteiger partial charge is 0.349 e. The molecule has 3 rings (SSSR count). The molecule has 1 amide bonds. The summed E-state index contributed by atoms with van der Waals surface area (Å²) < 4.78 is 9.96. The normalized spacial score (nSPS) is 10.7. The second-order valence-electron chi connectivity index (χ2n) is 4.47. The van der Waals surface area contributed by atoms with Crippen LogP contribution in [0.15, 0.2) is 56.6 Å². The maximum atomic E-state index is 12.0. The van der Waals surface area contributed by atoms with Gasteiger partial charge in [-0.05, 0) is 12.1 Å². The number of amides is 1. The van der Waals surface area contributed by atoms with Crippen molar-refractivity contribution in [2.75, 3.05) is 6.54 Å². The summed E-state index contributed by atoms with van der Waals surface area (Å²) >= 11 is 0. The first-order chi connectivity index (χ1) is 10.2. The molecule has 0 radical (unpaired) electrons. The third kappa shape index (κ3) is 2.84. The Balaban J connectivity index is 1.75. The van der Waals surface area contributed by atoms with E-state index in [2.05, 4.69) is 10.3 Å². The van der Waals surface area contributed by atoms with Gasteiger partial charge in [-0.1, -0.05) is 18.2 Å². The standard InChI is InChI=1S/C15H12N2O4/c18-14(16-6-5-11-8-20-9-17-11)12-7-10-3-1-2-4-13(10)21-15(12)19/h1-4,7-9H,5-6H2,(H,16,18). The van der Waals surface area contributed by atoms with Crippen LogP contribution in [0.2, 0.25) is 0 Å². The van der Waals surface area contributed by atoms with Gasteiger partial charge >= 0.3 is 5.63 Å². The van der Waals surface area contributed by atoms with E-state index in [1.54, 1.807) is 18.2 Å². The van der Waals surface area contributed by atoms with Gasteiger partial charge in [0.2, 0.25) is 0 Å². The van der Waals surface area contributed by atoms with Crippen LogP contribution in [0.4, 0.5) is 0 Å². The van der Waals surface area contributed by atoms with E-state index in [-0.39, 0.29) is 5.56 Å². The number of hydrogen-bond donors (Lipinski definition) is 1. The summed E-state index contributed by atoms with van der Waals surface area (Å²) in [7, 11) is 0. The molecular weight excluding hydrogens is 272 g/mol. The molecule has 0 unspecified atom stereocenters. The first-order valence-electron chi connectivity index (χ1n) is 6.42. The van der Waals surface area contributed by atoms with Gasteiger partial charge in [-0.2, -0.15) is 0 Å². The summed E-state index contributed by atoms with van der Waals surface area (Å²) in [5, 5.41) is 3.37. The minimum absolute atomic E-state index is 0.00569. The fourth-order valence-electron chi connectivity index (χ4n) is 1.98. The van der Waals surface area contributed by atoms with Gasteiger partial charge in [-0.3, -0.25) is 4.79 Å². The number of hydrogen-bond acceptors (Lipinski definition) is 5. The van der Waals surface area contributed by atoms with Gasteiger partial charge in [0.15, 0.2) is 6.39 Å². The number of carbonyl (C=O) groups is 1. The minimum atomic E-state index is -0.646. The predicted molar refractivity (Wildman–Crippen MR) is 75.0 cm³/mol. The first kappa shape index (κ1) is 13.1. The van der Waals surface area contributed by atoms with Gasteiger partial charge in [-0.25, -0.2) is 9.78 Å². The fraction of sp³-hybridized carbons (Fsp3) is 0.133. The van der Waals surface area contributed by atoms with Crippen LogP contribution in [0.3, 0.4) is 0 Å². The van der Waals surface area contributed by atoms with Crippen LogP contribution >= 0.6 is 0 Å². The van der Waals surface area contributed by atoms with Gasteiger partial charge in [-0.15, -0.1) is 0 Å². The maximum absolute atomic E-state index is 12.0. The molecule has 0 saturated carbocycles. The van der Waals surface area contributed by atoms with E-state index in [4.69, 9.17) is 8.83 Å². The molecule has 0 saturated heterocycles. The Hall–Kier alpha value is -2.89. The molecule has 0 fully saturated rings. The molecule has 0 spiro atoms. The molecule has 106 valence electrons. The zero-order chi connectivity index (χ0) is 14.7. The van der Waals surface area contributed by atoms with Crippen molar-refractivity contribution in [2.45, 2.75) is 6.42 Å². The van der Waals surface area contributed by atoms with E-state index < -0.39 is 11.5 Å². The molecule has 21 heavy (non-hydrogen) atoms. The number of nitrogens with zero attached hydrogens (tertiary/aromatic N) is 1. The second kappa shape index (κ2) is 5.62. The highest BCUT2D eigenvalue weighted by Gasteiger charge is 2.13. The third-order valence-corrected chi connectivity index (χ3v) is 3.04. The van der Waals surface area contributed by atoms with E-state index in [0.717, 1.165) is 5.69 Å². The van der Waals surface area contributed by atoms with Crippen molar-refractivity contribution in [3.8, 4) is 0 Å². The van der Waals surface area contributed by atoms with Gasteiger partial charge in [0, 0.05) is 18.4 Å². The SMILES string of the molecule is O=C(NCCc1cocn1)c1cc2ccccc2oc1=O. The third-order valence-electron chi connectivity index (χ3n) is 3.04. The highest BCUT2D eigenvalue weighted by molar-refractivity contribution is 5.96. The van der Waals surface area contributed by atoms with E-state index in [1.807, 2.05) is 6.07 Å². The number of carbonyl (C=O) groups excluding carboxylic acids is 1. The number of para-hydroxylation sites is 1. The van der Waals surface area contributed by atoms with Crippen molar-refractivity contribution in [1.82, 2.24) is 10.3 Å². The summed E-state index contributed by atoms with van der Waals surface area (Å²) in [6, 6.07) is 8.58. The topological polar surface area (TPSA) is 85.3 Å². The molecule has 0 aliphatic carbocycles. The summed E-state index contributed by atoms with van der Waals surface area (Å²) in [6.07, 6.45) is 3.37. The first-order valence-corrected chi connectivity index (χ1v) is 6.42. The number of fused-ring (bicyclic) bond motifs is 1. The number of aromatic nitrogens is 1. The second-order valence-corrected chi connectivity index (χ2v) is 4.47. The summed E-state index contributed by atoms with van der Waals surface area (Å²) in [6.45, 7) is 0.359. The monoisotopic (exact) mass is 284 g/mol. The lowest BCUT2D eigenvalue weighted by atomic mass is 10.2. The minimum Gasteiger partial charge on any atom is -0.451 e. The van der Waals surface area contributed by atoms with Crippen LogP contribution in [0, 0.1) is 0 Å². The van der Waals surface area contributed by atoms with Crippen molar-refractivity contribution >= 4 is 16.9 Å². The Bertz CT molecular complexity index is 821. The zero-order valence-electron chi connectivity index (χ0n) is 11.0. The van der Waals surface area contributed by atoms with Crippen LogP contribution in [-0.4, -0.2) is 17.4 Å². The van der Waals surface area contributed by atoms with Crippen LogP contribution in [0.25, 0.3) is 11.0 Å². The van der Waals surface area contributed by atoms with E-state index >= 15 is 0 Å². The zero-order valence-corrected chi connectivity index (χ0v) is 11.0. The average Bonchev–Trinajstić information content (AvgIpc) is 2.99. The number of nitrogens with one attached hydrogen (secondary N) is 1. The molecular formula is C15H12N2O4. The van der Waals surface area contributed by atoms with Crippen LogP contribution in [0.1, 0.15) is 16.1 Å². The largest absolute Gasteiger partial charge is 0.451 e. The van der Waals surface area contributed by atoms with E-state index in [0.29, 0.717) is 23.9 Å². The van der Waals surface area contributed by atoms with Crippen molar-refractivity contribution in [1.29, 1.82) is 0 Å². The lowest BCUT2D eigenvalue weighted by Gasteiger charge is -2.04. The van der Waals surface area contributed by atoms with Gasteiger partial charge in [0.05, 0.1) is 5.69 Å². The van der Waals surface area contributed by atoms with Crippen molar-refractivity contribution in [3.63, 3.8) is 0 Å². The van der Waals surface area contributed by atoms with Gasteiger partial charge < -0.3 is 14.2 Å². The number of rotatable bonds is 4. The Morgan fingerprint density at radius 3 is 2.95 bits per heavy atom. The lowest BCUT2D eigenvalue weighted by molar-refractivity contribution is 0.0950. The Morgan fingerprint density at radius 2 is 2.14 bits per heavy atom. The molecule has 1 aromatic carbocycles. The quantitative estimate of drug-likeness (QED) is 0.738. The van der Waals surface area contributed by atoms with Crippen molar-refractivity contribution in [2.24, 2.45) is 0 Å². The van der Waals surface area contributed by atoms with E-state index in [9.17, 15) is 9.59 Å². The summed E-state index contributed by atoms with van der Waals surface area (Å²) in [5.41, 5.74) is 0.545. The Labute approximate surface area is 119 Å². The summed E-state index contributed by atoms with van der Waals surface area (Å²) in [4.78, 5) is 27.8. The molecule has 1 N–H and O–H groups in total. The summed E-state index contributed by atoms with van der Waals surface area (Å²) in [5.74, 6) is -0.460. The predicted octanol–water partition coefficient (Wildman–Crippen LogP) is 1.75. The average molecular weight is 284 g/mol. The molecule has 0 aliphatic heterocycles. The van der Waals surface area contributed by atoms with Crippen molar-refractivity contribution < 1.29 is 13.6 Å². The number of benzene rings is 1.